The van der Waals surface area contributed by atoms with Crippen molar-refractivity contribution in [2.24, 2.45) is 5.73 Å². The van der Waals surface area contributed by atoms with E-state index in [4.69, 9.17) is 10.8 Å². The summed E-state index contributed by atoms with van der Waals surface area (Å²) in [4.78, 5) is 10.8. The summed E-state index contributed by atoms with van der Waals surface area (Å²) in [6.45, 7) is 0.245. The summed E-state index contributed by atoms with van der Waals surface area (Å²) in [5.74, 6) is -1.05. The number of para-hydroxylation sites is 1. The summed E-state index contributed by atoms with van der Waals surface area (Å²) < 4.78 is 1.55. The summed E-state index contributed by atoms with van der Waals surface area (Å²) in [7, 11) is 0. The molecule has 1 aromatic carbocycles. The van der Waals surface area contributed by atoms with E-state index in [1.54, 1.807) is 4.68 Å². The Morgan fingerprint density at radius 1 is 1.38 bits per heavy atom. The first kappa shape index (κ1) is 10.4. The monoisotopic (exact) mass is 217 g/mol. The highest BCUT2D eigenvalue weighted by molar-refractivity contribution is 5.85. The van der Waals surface area contributed by atoms with E-state index in [-0.39, 0.29) is 12.2 Å². The SMILES string of the molecule is NCc1cc(C(=O)O)nn1-c1ccccc1. The lowest BCUT2D eigenvalue weighted by Gasteiger charge is -2.04. The van der Waals surface area contributed by atoms with Gasteiger partial charge >= 0.3 is 5.97 Å². The van der Waals surface area contributed by atoms with Gasteiger partial charge in [-0.2, -0.15) is 5.10 Å². The number of hydrogen-bond acceptors (Lipinski definition) is 3. The largest absolute Gasteiger partial charge is 0.476 e. The van der Waals surface area contributed by atoms with Gasteiger partial charge < -0.3 is 10.8 Å². The number of aromatic nitrogens is 2. The van der Waals surface area contributed by atoms with Gasteiger partial charge in [0.25, 0.3) is 0 Å². The summed E-state index contributed by atoms with van der Waals surface area (Å²) in [6, 6.07) is 10.8. The van der Waals surface area contributed by atoms with Crippen LogP contribution >= 0.6 is 0 Å². The molecule has 1 aromatic heterocycles. The fraction of sp³-hybridized carbons (Fsp3) is 0.0909. The van der Waals surface area contributed by atoms with Gasteiger partial charge in [-0.05, 0) is 18.2 Å². The third-order valence-corrected chi connectivity index (χ3v) is 2.21. The summed E-state index contributed by atoms with van der Waals surface area (Å²) in [5.41, 5.74) is 7.02. The molecule has 0 aliphatic rings. The van der Waals surface area contributed by atoms with E-state index < -0.39 is 5.97 Å². The van der Waals surface area contributed by atoms with Crippen molar-refractivity contribution >= 4 is 5.97 Å². The van der Waals surface area contributed by atoms with Gasteiger partial charge in [0.1, 0.15) is 0 Å². The van der Waals surface area contributed by atoms with Gasteiger partial charge in [-0.1, -0.05) is 18.2 Å². The average molecular weight is 217 g/mol. The predicted octanol–water partition coefficient (Wildman–Crippen LogP) is 1.03. The van der Waals surface area contributed by atoms with Gasteiger partial charge in [0.15, 0.2) is 5.69 Å². The molecule has 0 fully saturated rings. The van der Waals surface area contributed by atoms with Crippen molar-refractivity contribution in [1.29, 1.82) is 0 Å². The van der Waals surface area contributed by atoms with Crippen LogP contribution in [-0.2, 0) is 6.54 Å². The number of carboxylic acids is 1. The maximum Gasteiger partial charge on any atom is 0.356 e. The van der Waals surface area contributed by atoms with Crippen LogP contribution < -0.4 is 5.73 Å². The standard InChI is InChI=1S/C11H11N3O2/c12-7-9-6-10(11(15)16)13-14(9)8-4-2-1-3-5-8/h1-6H,7,12H2,(H,15,16). The fourth-order valence-electron chi connectivity index (χ4n) is 1.46. The molecule has 0 atom stereocenters. The normalized spacial score (nSPS) is 10.3. The summed E-state index contributed by atoms with van der Waals surface area (Å²) in [5, 5.41) is 12.8. The quantitative estimate of drug-likeness (QED) is 0.804. The lowest BCUT2D eigenvalue weighted by molar-refractivity contribution is 0.0690. The van der Waals surface area contributed by atoms with Gasteiger partial charge in [0.2, 0.25) is 0 Å². The molecule has 82 valence electrons. The molecular weight excluding hydrogens is 206 g/mol. The zero-order valence-electron chi connectivity index (χ0n) is 8.50. The van der Waals surface area contributed by atoms with Crippen molar-refractivity contribution in [2.75, 3.05) is 0 Å². The Bertz CT molecular complexity index is 505. The first-order chi connectivity index (χ1) is 7.72. The van der Waals surface area contributed by atoms with E-state index in [0.29, 0.717) is 5.69 Å². The predicted molar refractivity (Wildman–Crippen MR) is 58.4 cm³/mol. The van der Waals surface area contributed by atoms with Gasteiger partial charge in [-0.3, -0.25) is 0 Å². The van der Waals surface area contributed by atoms with Gasteiger partial charge in [0.05, 0.1) is 11.4 Å². The van der Waals surface area contributed by atoms with Gasteiger partial charge in [-0.25, -0.2) is 9.48 Å². The minimum atomic E-state index is -1.05. The second-order valence-electron chi connectivity index (χ2n) is 3.28. The Morgan fingerprint density at radius 2 is 2.06 bits per heavy atom. The van der Waals surface area contributed by atoms with Crippen LogP contribution in [0, 0.1) is 0 Å². The fourth-order valence-corrected chi connectivity index (χ4v) is 1.46. The molecule has 0 spiro atoms. The van der Waals surface area contributed by atoms with Crippen LogP contribution in [0.5, 0.6) is 0 Å². The van der Waals surface area contributed by atoms with E-state index in [9.17, 15) is 4.79 Å². The maximum atomic E-state index is 10.8. The molecule has 5 heteroatoms. The molecule has 0 unspecified atom stereocenters. The number of rotatable bonds is 3. The summed E-state index contributed by atoms with van der Waals surface area (Å²) in [6.07, 6.45) is 0. The Hall–Kier alpha value is -2.14. The summed E-state index contributed by atoms with van der Waals surface area (Å²) >= 11 is 0. The number of nitrogens with zero attached hydrogens (tertiary/aromatic N) is 2. The van der Waals surface area contributed by atoms with Crippen LogP contribution in [-0.4, -0.2) is 20.9 Å². The highest BCUT2D eigenvalue weighted by atomic mass is 16.4. The van der Waals surface area contributed by atoms with Crippen molar-refractivity contribution in [2.45, 2.75) is 6.54 Å². The molecule has 16 heavy (non-hydrogen) atoms. The molecule has 2 aromatic rings. The minimum absolute atomic E-state index is 0.00398. The average Bonchev–Trinajstić information content (AvgIpc) is 2.74. The Labute approximate surface area is 92.1 Å². The van der Waals surface area contributed by atoms with Crippen molar-refractivity contribution in [3.05, 3.63) is 47.8 Å². The molecule has 0 saturated carbocycles. The maximum absolute atomic E-state index is 10.8. The first-order valence-corrected chi connectivity index (χ1v) is 4.80. The third kappa shape index (κ3) is 1.80. The Morgan fingerprint density at radius 3 is 2.62 bits per heavy atom. The molecule has 5 nitrogen and oxygen atoms in total. The van der Waals surface area contributed by atoms with Crippen LogP contribution in [0.1, 0.15) is 16.2 Å². The Balaban J connectivity index is 2.52. The number of carboxylic acid groups (broad SMARTS) is 1. The zero-order chi connectivity index (χ0) is 11.5. The molecule has 2 rings (SSSR count). The van der Waals surface area contributed by atoms with E-state index in [2.05, 4.69) is 5.10 Å². The third-order valence-electron chi connectivity index (χ3n) is 2.21. The van der Waals surface area contributed by atoms with Gasteiger partial charge in [0, 0.05) is 6.54 Å². The number of aromatic carboxylic acids is 1. The zero-order valence-corrected chi connectivity index (χ0v) is 8.50. The second kappa shape index (κ2) is 4.16. The highest BCUT2D eigenvalue weighted by Gasteiger charge is 2.12. The molecule has 0 amide bonds. The molecule has 0 saturated heterocycles. The lowest BCUT2D eigenvalue weighted by atomic mass is 10.3. The first-order valence-electron chi connectivity index (χ1n) is 4.80. The second-order valence-corrected chi connectivity index (χ2v) is 3.28. The highest BCUT2D eigenvalue weighted by Crippen LogP contribution is 2.12. The smallest absolute Gasteiger partial charge is 0.356 e. The minimum Gasteiger partial charge on any atom is -0.476 e. The van der Waals surface area contributed by atoms with E-state index in [1.165, 1.54) is 6.07 Å². The number of hydrogen-bond donors (Lipinski definition) is 2. The van der Waals surface area contributed by atoms with Crippen LogP contribution in [0.15, 0.2) is 36.4 Å². The van der Waals surface area contributed by atoms with Crippen molar-refractivity contribution in [3.63, 3.8) is 0 Å². The van der Waals surface area contributed by atoms with Crippen LogP contribution in [0.3, 0.4) is 0 Å². The molecule has 0 aliphatic carbocycles. The van der Waals surface area contributed by atoms with E-state index in [0.717, 1.165) is 5.69 Å². The van der Waals surface area contributed by atoms with Crippen molar-refractivity contribution in [3.8, 4) is 5.69 Å². The van der Waals surface area contributed by atoms with Crippen molar-refractivity contribution in [1.82, 2.24) is 9.78 Å². The van der Waals surface area contributed by atoms with Crippen LogP contribution in [0.2, 0.25) is 0 Å². The van der Waals surface area contributed by atoms with E-state index >= 15 is 0 Å². The molecule has 0 radical (unpaired) electrons. The molecule has 1 heterocycles. The van der Waals surface area contributed by atoms with Gasteiger partial charge in [-0.15, -0.1) is 0 Å². The van der Waals surface area contributed by atoms with Crippen LogP contribution in [0.4, 0.5) is 0 Å². The van der Waals surface area contributed by atoms with Crippen LogP contribution in [0.25, 0.3) is 5.69 Å². The lowest BCUT2D eigenvalue weighted by Crippen LogP contribution is -2.06. The topological polar surface area (TPSA) is 81.1 Å². The molecule has 3 N–H and O–H groups in total. The molecular formula is C11H11N3O2. The number of carbonyl (C=O) groups is 1. The number of benzene rings is 1. The molecule has 0 bridgehead atoms. The molecule has 0 aliphatic heterocycles. The van der Waals surface area contributed by atoms with E-state index in [1.807, 2.05) is 30.3 Å². The van der Waals surface area contributed by atoms with Crippen molar-refractivity contribution < 1.29 is 9.90 Å². The Kier molecular flexibility index (Phi) is 2.70. The number of nitrogens with two attached hydrogens (primary N) is 1.